The summed E-state index contributed by atoms with van der Waals surface area (Å²) in [4.78, 5) is 24.7. The summed E-state index contributed by atoms with van der Waals surface area (Å²) in [6.07, 6.45) is 5.89. The zero-order valence-corrected chi connectivity index (χ0v) is 14.3. The standard InChI is InChI=1S/C16H22N4O2S/c1-9(21)18-16-6-11-3-12(7-16)5-15(4-11,8-16)13(22)17-14-20-19-10(2)23-14/h11-12H,3-8H2,1-2H3,(H,18,21)(H,17,20,22)/t11-,12-,15?,16?/m1/s1. The van der Waals surface area contributed by atoms with Gasteiger partial charge in [-0.25, -0.2) is 0 Å². The average Bonchev–Trinajstić information content (AvgIpc) is 2.81. The van der Waals surface area contributed by atoms with E-state index in [9.17, 15) is 9.59 Å². The predicted molar refractivity (Wildman–Crippen MR) is 86.9 cm³/mol. The van der Waals surface area contributed by atoms with Gasteiger partial charge in [-0.2, -0.15) is 0 Å². The molecule has 4 fully saturated rings. The van der Waals surface area contributed by atoms with E-state index in [-0.39, 0.29) is 22.8 Å². The number of carbonyl (C=O) groups is 2. The van der Waals surface area contributed by atoms with Crippen LogP contribution in [0.3, 0.4) is 0 Å². The van der Waals surface area contributed by atoms with Gasteiger partial charge in [-0.1, -0.05) is 11.3 Å². The fourth-order valence-electron chi connectivity index (χ4n) is 5.62. The highest BCUT2D eigenvalue weighted by Gasteiger charge is 2.60. The van der Waals surface area contributed by atoms with Gasteiger partial charge in [-0.05, 0) is 57.3 Å². The largest absolute Gasteiger partial charge is 0.351 e. The van der Waals surface area contributed by atoms with Gasteiger partial charge in [0, 0.05) is 12.5 Å². The zero-order chi connectivity index (χ0) is 16.2. The van der Waals surface area contributed by atoms with Crippen LogP contribution in [0.2, 0.25) is 0 Å². The number of nitrogens with zero attached hydrogens (tertiary/aromatic N) is 2. The number of amides is 2. The van der Waals surface area contributed by atoms with Gasteiger partial charge >= 0.3 is 0 Å². The van der Waals surface area contributed by atoms with Gasteiger partial charge in [0.15, 0.2) is 0 Å². The molecule has 124 valence electrons. The van der Waals surface area contributed by atoms with Crippen molar-refractivity contribution in [3.8, 4) is 0 Å². The molecule has 4 saturated carbocycles. The van der Waals surface area contributed by atoms with Crippen LogP contribution in [-0.4, -0.2) is 27.6 Å². The molecule has 4 aliphatic rings. The normalized spacial score (nSPS) is 37.7. The first-order valence-electron chi connectivity index (χ1n) is 8.28. The Balaban J connectivity index is 1.59. The first kappa shape index (κ1) is 15.1. The molecule has 2 N–H and O–H groups in total. The summed E-state index contributed by atoms with van der Waals surface area (Å²) in [5.74, 6) is 1.18. The number of nitrogens with one attached hydrogen (secondary N) is 2. The van der Waals surface area contributed by atoms with Crippen molar-refractivity contribution in [1.82, 2.24) is 15.5 Å². The summed E-state index contributed by atoms with van der Waals surface area (Å²) in [5, 5.41) is 15.6. The zero-order valence-electron chi connectivity index (χ0n) is 13.5. The van der Waals surface area contributed by atoms with Crippen LogP contribution in [0.5, 0.6) is 0 Å². The first-order chi connectivity index (χ1) is 10.9. The Morgan fingerprint density at radius 3 is 2.43 bits per heavy atom. The third-order valence-corrected chi connectivity index (χ3v) is 6.48. The molecule has 4 bridgehead atoms. The molecule has 1 heterocycles. The van der Waals surface area contributed by atoms with E-state index in [2.05, 4.69) is 20.8 Å². The molecule has 4 aliphatic carbocycles. The van der Waals surface area contributed by atoms with E-state index in [4.69, 9.17) is 0 Å². The van der Waals surface area contributed by atoms with Crippen molar-refractivity contribution in [2.75, 3.05) is 5.32 Å². The van der Waals surface area contributed by atoms with E-state index in [1.807, 2.05) is 6.92 Å². The monoisotopic (exact) mass is 334 g/mol. The summed E-state index contributed by atoms with van der Waals surface area (Å²) >= 11 is 1.41. The fraction of sp³-hybridized carbons (Fsp3) is 0.750. The second-order valence-electron chi connectivity index (χ2n) is 7.78. The molecule has 0 spiro atoms. The minimum Gasteiger partial charge on any atom is -0.351 e. The Bertz CT molecular complexity index is 657. The Kier molecular flexibility index (Phi) is 3.27. The SMILES string of the molecule is CC(=O)NC12C[C@@H]3C[C@@H](C1)CC(C(=O)Nc1nnc(C)s1)(C3)C2. The molecule has 0 radical (unpaired) electrons. The number of hydrogen-bond acceptors (Lipinski definition) is 5. The van der Waals surface area contributed by atoms with E-state index < -0.39 is 0 Å². The fourth-order valence-corrected chi connectivity index (χ4v) is 6.21. The maximum atomic E-state index is 13.0. The van der Waals surface area contributed by atoms with Crippen molar-refractivity contribution in [2.24, 2.45) is 17.3 Å². The van der Waals surface area contributed by atoms with Gasteiger partial charge in [0.25, 0.3) is 0 Å². The van der Waals surface area contributed by atoms with Gasteiger partial charge in [0.1, 0.15) is 5.01 Å². The number of aromatic nitrogens is 2. The molecule has 5 rings (SSSR count). The van der Waals surface area contributed by atoms with Gasteiger partial charge in [-0.3, -0.25) is 9.59 Å². The van der Waals surface area contributed by atoms with Crippen LogP contribution in [0.25, 0.3) is 0 Å². The molecule has 6 nitrogen and oxygen atoms in total. The van der Waals surface area contributed by atoms with Gasteiger partial charge < -0.3 is 10.6 Å². The van der Waals surface area contributed by atoms with Crippen molar-refractivity contribution < 1.29 is 9.59 Å². The van der Waals surface area contributed by atoms with E-state index >= 15 is 0 Å². The first-order valence-corrected chi connectivity index (χ1v) is 9.10. The lowest BCUT2D eigenvalue weighted by Gasteiger charge is -2.61. The Morgan fingerprint density at radius 2 is 1.87 bits per heavy atom. The second-order valence-corrected chi connectivity index (χ2v) is 8.96. The second kappa shape index (κ2) is 5.00. The number of anilines is 1. The van der Waals surface area contributed by atoms with E-state index in [1.165, 1.54) is 17.8 Å². The number of carbonyl (C=O) groups excluding carboxylic acids is 2. The lowest BCUT2D eigenvalue weighted by molar-refractivity contribution is -0.148. The van der Waals surface area contributed by atoms with Crippen LogP contribution in [0, 0.1) is 24.2 Å². The maximum absolute atomic E-state index is 13.0. The Morgan fingerprint density at radius 1 is 1.17 bits per heavy atom. The molecule has 7 heteroatoms. The smallest absolute Gasteiger partial charge is 0.232 e. The quantitative estimate of drug-likeness (QED) is 0.888. The number of hydrogen-bond donors (Lipinski definition) is 2. The van der Waals surface area contributed by atoms with Crippen molar-refractivity contribution in [2.45, 2.75) is 57.9 Å². The molecule has 2 amide bonds. The van der Waals surface area contributed by atoms with Crippen molar-refractivity contribution >= 4 is 28.3 Å². The molecular formula is C16H22N4O2S. The lowest BCUT2D eigenvalue weighted by atomic mass is 9.46. The average molecular weight is 334 g/mol. The number of rotatable bonds is 3. The summed E-state index contributed by atoms with van der Waals surface area (Å²) in [6.45, 7) is 3.46. The van der Waals surface area contributed by atoms with E-state index in [1.54, 1.807) is 6.92 Å². The third-order valence-electron chi connectivity index (χ3n) is 5.73. The molecule has 1 aromatic heterocycles. The van der Waals surface area contributed by atoms with Gasteiger partial charge in [-0.15, -0.1) is 10.2 Å². The Labute approximate surface area is 139 Å². The topological polar surface area (TPSA) is 84.0 Å². The molecular weight excluding hydrogens is 312 g/mol. The minimum atomic E-state index is -0.355. The molecule has 1 aromatic rings. The summed E-state index contributed by atoms with van der Waals surface area (Å²) in [5.41, 5.74) is -0.531. The van der Waals surface area contributed by atoms with Crippen LogP contribution in [-0.2, 0) is 9.59 Å². The summed E-state index contributed by atoms with van der Waals surface area (Å²) in [6, 6.07) is 0. The minimum absolute atomic E-state index is 0.0160. The van der Waals surface area contributed by atoms with E-state index in [0.717, 1.165) is 37.1 Å². The van der Waals surface area contributed by atoms with Crippen molar-refractivity contribution in [3.05, 3.63) is 5.01 Å². The molecule has 0 aliphatic heterocycles. The van der Waals surface area contributed by atoms with Gasteiger partial charge in [0.05, 0.1) is 5.41 Å². The molecule has 0 unspecified atom stereocenters. The van der Waals surface area contributed by atoms with Crippen molar-refractivity contribution in [3.63, 3.8) is 0 Å². The highest BCUT2D eigenvalue weighted by atomic mass is 32.1. The number of aryl methyl sites for hydroxylation is 1. The maximum Gasteiger partial charge on any atom is 0.232 e. The van der Waals surface area contributed by atoms with Crippen molar-refractivity contribution in [1.29, 1.82) is 0 Å². The highest BCUT2D eigenvalue weighted by Crippen LogP contribution is 2.61. The molecule has 0 aromatic carbocycles. The summed E-state index contributed by atoms with van der Waals surface area (Å²) in [7, 11) is 0. The van der Waals surface area contributed by atoms with Crippen LogP contribution < -0.4 is 10.6 Å². The van der Waals surface area contributed by atoms with E-state index in [0.29, 0.717) is 17.0 Å². The lowest BCUT2D eigenvalue weighted by Crippen LogP contribution is -2.65. The Hall–Kier alpha value is -1.50. The van der Waals surface area contributed by atoms with Crippen LogP contribution in [0.1, 0.15) is 50.5 Å². The predicted octanol–water partition coefficient (Wildman–Crippen LogP) is 2.26. The summed E-state index contributed by atoms with van der Waals surface area (Å²) < 4.78 is 0. The highest BCUT2D eigenvalue weighted by molar-refractivity contribution is 7.15. The van der Waals surface area contributed by atoms with Crippen LogP contribution >= 0.6 is 11.3 Å². The molecule has 23 heavy (non-hydrogen) atoms. The van der Waals surface area contributed by atoms with Crippen LogP contribution in [0.15, 0.2) is 0 Å². The van der Waals surface area contributed by atoms with Gasteiger partial charge in [0.2, 0.25) is 16.9 Å². The van der Waals surface area contributed by atoms with Crippen LogP contribution in [0.4, 0.5) is 5.13 Å². The molecule has 0 saturated heterocycles. The third kappa shape index (κ3) is 2.55. The molecule has 2 atom stereocenters.